The predicted molar refractivity (Wildman–Crippen MR) is 120 cm³/mol. The minimum Gasteiger partial charge on any atom is -0.478 e. The molecular formula is C22H23NO10S. The van der Waals surface area contributed by atoms with Gasteiger partial charge in [-0.3, -0.25) is 0 Å². The van der Waals surface area contributed by atoms with Gasteiger partial charge in [-0.25, -0.2) is 18.0 Å². The van der Waals surface area contributed by atoms with Crippen LogP contribution in [0.3, 0.4) is 0 Å². The number of carbonyl (C=O) groups is 2. The number of unbranched alkanes of at least 4 members (excludes halogenated alkanes) is 1. The Morgan fingerprint density at radius 2 is 1.56 bits per heavy atom. The van der Waals surface area contributed by atoms with Crippen molar-refractivity contribution in [3.8, 4) is 0 Å². The Bertz CT molecular complexity index is 1140. The summed E-state index contributed by atoms with van der Waals surface area (Å²) in [5.41, 5.74) is 0.714. The predicted octanol–water partition coefficient (Wildman–Crippen LogP) is 3.23. The molecule has 0 heterocycles. The van der Waals surface area contributed by atoms with E-state index in [1.807, 2.05) is 0 Å². The molecule has 11 nitrogen and oxygen atoms in total. The van der Waals surface area contributed by atoms with Crippen LogP contribution in [-0.2, 0) is 28.9 Å². The van der Waals surface area contributed by atoms with Gasteiger partial charge in [-0.05, 0) is 36.1 Å². The molecule has 2 aromatic carbocycles. The highest BCUT2D eigenvalue weighted by molar-refractivity contribution is 7.90. The Hall–Kier alpha value is -3.93. The quantitative estimate of drug-likeness (QED) is 0.116. The van der Waals surface area contributed by atoms with Crippen molar-refractivity contribution >= 4 is 33.1 Å². The van der Waals surface area contributed by atoms with Crippen LogP contribution < -0.4 is 0 Å². The number of hydrogen-bond acceptors (Lipinski definition) is 9. The van der Waals surface area contributed by atoms with Crippen molar-refractivity contribution in [1.82, 2.24) is 0 Å². The second kappa shape index (κ2) is 12.3. The highest BCUT2D eigenvalue weighted by Gasteiger charge is 2.21. The summed E-state index contributed by atoms with van der Waals surface area (Å²) < 4.78 is 33.5. The molecule has 0 aliphatic heterocycles. The third-order valence-corrected chi connectivity index (χ3v) is 5.63. The van der Waals surface area contributed by atoms with E-state index in [4.69, 9.17) is 9.47 Å². The van der Waals surface area contributed by atoms with E-state index in [9.17, 15) is 33.2 Å². The number of sulfone groups is 1. The second-order valence-corrected chi connectivity index (χ2v) is 8.99. The highest BCUT2D eigenvalue weighted by Crippen LogP contribution is 2.28. The summed E-state index contributed by atoms with van der Waals surface area (Å²) in [5, 5.41) is 19.0. The molecule has 0 saturated heterocycles. The van der Waals surface area contributed by atoms with Crippen molar-refractivity contribution < 1.29 is 42.5 Å². The molecule has 0 bridgehead atoms. The summed E-state index contributed by atoms with van der Waals surface area (Å²) in [6.07, 6.45) is 0.568. The lowest BCUT2D eigenvalue weighted by molar-refractivity contribution is -0.757. The summed E-state index contributed by atoms with van der Waals surface area (Å²) in [6, 6.07) is 13.7. The van der Waals surface area contributed by atoms with Crippen LogP contribution in [0.25, 0.3) is 11.1 Å². The fourth-order valence-corrected chi connectivity index (χ4v) is 3.54. The molecule has 1 N–H and O–H groups in total. The van der Waals surface area contributed by atoms with Gasteiger partial charge in [-0.15, -0.1) is 10.1 Å². The zero-order valence-electron chi connectivity index (χ0n) is 18.2. The van der Waals surface area contributed by atoms with E-state index in [0.717, 1.165) is 6.26 Å². The van der Waals surface area contributed by atoms with Crippen LogP contribution in [0, 0.1) is 10.1 Å². The van der Waals surface area contributed by atoms with Crippen LogP contribution >= 0.6 is 0 Å². The van der Waals surface area contributed by atoms with Gasteiger partial charge >= 0.3 is 12.1 Å². The third-order valence-electron chi connectivity index (χ3n) is 4.50. The Kier molecular flexibility index (Phi) is 9.56. The normalized spacial score (nSPS) is 11.8. The van der Waals surface area contributed by atoms with Gasteiger partial charge in [-0.2, -0.15) is 0 Å². The lowest BCUT2D eigenvalue weighted by Crippen LogP contribution is -2.14. The monoisotopic (exact) mass is 493 g/mol. The number of rotatable bonds is 12. The number of nitrogens with zero attached hydrogens (tertiary/aromatic N) is 1. The maximum absolute atomic E-state index is 12.1. The van der Waals surface area contributed by atoms with Crippen LogP contribution in [-0.4, -0.2) is 56.8 Å². The van der Waals surface area contributed by atoms with Crippen LogP contribution in [0.4, 0.5) is 4.79 Å². The molecular weight excluding hydrogens is 470 g/mol. The molecule has 0 unspecified atom stereocenters. The average Bonchev–Trinajstić information content (AvgIpc) is 2.78. The molecule has 0 spiro atoms. The first-order valence-electron chi connectivity index (χ1n) is 9.99. The lowest BCUT2D eigenvalue weighted by atomic mass is 9.95. The molecule has 12 heteroatoms. The molecule has 2 aromatic rings. The van der Waals surface area contributed by atoms with Crippen LogP contribution in [0.15, 0.2) is 59.5 Å². The molecule has 0 saturated carbocycles. The standard InChI is InChI=1S/C22H23NO10S/c1-34(29,30)18-11-9-16(10-12-18)19(20(21(24)25)17-7-3-2-4-8-17)15-32-22(26)31-13-5-6-14-33-23(27)28/h2-4,7-12H,5-6,13-15H2,1H3,(H,24,25). The number of hydrogen-bond donors (Lipinski definition) is 1. The van der Waals surface area contributed by atoms with Gasteiger partial charge < -0.3 is 19.4 Å². The summed E-state index contributed by atoms with van der Waals surface area (Å²) in [5.74, 6) is -1.27. The molecule has 0 aromatic heterocycles. The van der Waals surface area contributed by atoms with Crippen molar-refractivity contribution in [3.05, 3.63) is 75.8 Å². The average molecular weight is 493 g/mol. The fourth-order valence-electron chi connectivity index (χ4n) is 2.91. The Balaban J connectivity index is 2.22. The Morgan fingerprint density at radius 1 is 0.941 bits per heavy atom. The largest absolute Gasteiger partial charge is 0.508 e. The zero-order valence-corrected chi connectivity index (χ0v) is 19.0. The smallest absolute Gasteiger partial charge is 0.478 e. The molecule has 0 atom stereocenters. The van der Waals surface area contributed by atoms with Crippen LogP contribution in [0.5, 0.6) is 0 Å². The number of ether oxygens (including phenoxy) is 2. The number of carboxylic acid groups (broad SMARTS) is 1. The van der Waals surface area contributed by atoms with Gasteiger partial charge in [0.2, 0.25) is 0 Å². The molecule has 0 aliphatic carbocycles. The summed E-state index contributed by atoms with van der Waals surface area (Å²) in [6.45, 7) is -0.675. The fraction of sp³-hybridized carbons (Fsp3) is 0.273. The Morgan fingerprint density at radius 3 is 2.12 bits per heavy atom. The van der Waals surface area contributed by atoms with Gasteiger partial charge in [0.05, 0.1) is 23.7 Å². The Labute approximate surface area is 195 Å². The van der Waals surface area contributed by atoms with E-state index in [0.29, 0.717) is 17.5 Å². The number of carboxylic acids is 1. The van der Waals surface area contributed by atoms with E-state index in [-0.39, 0.29) is 35.7 Å². The molecule has 0 aliphatic rings. The van der Waals surface area contributed by atoms with Gasteiger partial charge in [0.1, 0.15) is 6.61 Å². The van der Waals surface area contributed by atoms with Gasteiger partial charge in [0.15, 0.2) is 9.84 Å². The van der Waals surface area contributed by atoms with Gasteiger partial charge in [-0.1, -0.05) is 42.5 Å². The first-order chi connectivity index (χ1) is 16.1. The summed E-state index contributed by atoms with van der Waals surface area (Å²) in [4.78, 5) is 38.4. The van der Waals surface area contributed by atoms with Crippen LogP contribution in [0.2, 0.25) is 0 Å². The third kappa shape index (κ3) is 8.20. The number of aliphatic carboxylic acids is 1. The van der Waals surface area contributed by atoms with E-state index in [1.54, 1.807) is 30.3 Å². The van der Waals surface area contributed by atoms with E-state index in [2.05, 4.69) is 4.84 Å². The van der Waals surface area contributed by atoms with Crippen molar-refractivity contribution in [3.63, 3.8) is 0 Å². The topological polar surface area (TPSA) is 159 Å². The van der Waals surface area contributed by atoms with E-state index >= 15 is 0 Å². The van der Waals surface area contributed by atoms with Crippen molar-refractivity contribution in [2.45, 2.75) is 17.7 Å². The molecule has 34 heavy (non-hydrogen) atoms. The number of benzene rings is 2. The van der Waals surface area contributed by atoms with Crippen molar-refractivity contribution in [2.75, 3.05) is 26.1 Å². The van der Waals surface area contributed by atoms with E-state index < -0.39 is 33.7 Å². The van der Waals surface area contributed by atoms with E-state index in [1.165, 1.54) is 24.3 Å². The molecule has 182 valence electrons. The molecule has 0 amide bonds. The van der Waals surface area contributed by atoms with Crippen LogP contribution in [0.1, 0.15) is 24.0 Å². The minimum atomic E-state index is -3.47. The summed E-state index contributed by atoms with van der Waals surface area (Å²) in [7, 11) is -3.47. The maximum Gasteiger partial charge on any atom is 0.508 e. The zero-order chi connectivity index (χ0) is 25.1. The molecule has 0 radical (unpaired) electrons. The van der Waals surface area contributed by atoms with Crippen molar-refractivity contribution in [2.24, 2.45) is 0 Å². The minimum absolute atomic E-state index is 0.0496. The first-order valence-corrected chi connectivity index (χ1v) is 11.9. The maximum atomic E-state index is 12.1. The first kappa shape index (κ1) is 26.3. The number of carbonyl (C=O) groups excluding carboxylic acids is 1. The molecule has 0 fully saturated rings. The summed E-state index contributed by atoms with van der Waals surface area (Å²) >= 11 is 0. The SMILES string of the molecule is CS(=O)(=O)c1ccc(C(COC(=O)OCCCCO[N+](=O)[O-])=C(C(=O)O)c2ccccc2)cc1. The molecule has 2 rings (SSSR count). The highest BCUT2D eigenvalue weighted by atomic mass is 32.2. The van der Waals surface area contributed by atoms with Crippen molar-refractivity contribution in [1.29, 1.82) is 0 Å². The van der Waals surface area contributed by atoms with Gasteiger partial charge in [0, 0.05) is 11.8 Å². The van der Waals surface area contributed by atoms with Gasteiger partial charge in [0.25, 0.3) is 5.09 Å². The lowest BCUT2D eigenvalue weighted by Gasteiger charge is -2.14. The second-order valence-electron chi connectivity index (χ2n) is 6.97.